The Balaban J connectivity index is 1.93. The lowest BCUT2D eigenvalue weighted by Crippen LogP contribution is -2.43. The van der Waals surface area contributed by atoms with E-state index in [-0.39, 0.29) is 27.8 Å². The first kappa shape index (κ1) is 26.0. The van der Waals surface area contributed by atoms with Crippen molar-refractivity contribution in [2.75, 3.05) is 6.26 Å². The lowest BCUT2D eigenvalue weighted by molar-refractivity contribution is 0.0991. The maximum absolute atomic E-state index is 15.7. The molecule has 0 N–H and O–H groups in total. The first-order valence-corrected chi connectivity index (χ1v) is 16.9. The molecule has 2 aromatic carbocycles. The predicted octanol–water partition coefficient (Wildman–Crippen LogP) is 6.53. The summed E-state index contributed by atoms with van der Waals surface area (Å²) in [6, 6.07) is 8.20. The van der Waals surface area contributed by atoms with Gasteiger partial charge in [0.15, 0.2) is 18.2 Å². The molecule has 2 aliphatic rings. The number of halogens is 2. The van der Waals surface area contributed by atoms with Crippen LogP contribution >= 0.6 is 0 Å². The summed E-state index contributed by atoms with van der Waals surface area (Å²) >= 11 is 0. The Morgan fingerprint density at radius 1 is 1.17 bits per heavy atom. The van der Waals surface area contributed by atoms with Gasteiger partial charge in [-0.15, -0.1) is 0 Å². The largest absolute Gasteiger partial charge is 0.407 e. The highest BCUT2D eigenvalue weighted by Crippen LogP contribution is 2.50. The maximum atomic E-state index is 15.7. The number of sulfone groups is 1. The third-order valence-corrected chi connectivity index (χ3v) is 13.6. The fourth-order valence-electron chi connectivity index (χ4n) is 5.30. The molecule has 0 bridgehead atoms. The summed E-state index contributed by atoms with van der Waals surface area (Å²) < 4.78 is 61.9. The topological polar surface area (TPSA) is 67.2 Å². The van der Waals surface area contributed by atoms with E-state index in [0.717, 1.165) is 35.8 Å². The molecule has 0 unspecified atom stereocenters. The van der Waals surface area contributed by atoms with Gasteiger partial charge in [-0.1, -0.05) is 26.8 Å². The highest BCUT2D eigenvalue weighted by atomic mass is 32.2. The Morgan fingerprint density at radius 2 is 1.86 bits per heavy atom. The number of rotatable bonds is 4. The van der Waals surface area contributed by atoms with Gasteiger partial charge >= 0.3 is 0 Å². The number of nitriles is 1. The summed E-state index contributed by atoms with van der Waals surface area (Å²) in [6.45, 7) is 10.3. The minimum atomic E-state index is -3.64. The molecule has 4 nitrogen and oxygen atoms in total. The smallest absolute Gasteiger partial charge is 0.193 e. The van der Waals surface area contributed by atoms with E-state index >= 15 is 4.39 Å². The molecule has 0 amide bonds. The molecule has 8 heteroatoms. The first-order chi connectivity index (χ1) is 16.2. The summed E-state index contributed by atoms with van der Waals surface area (Å²) in [4.78, 5) is 0.107. The second kappa shape index (κ2) is 8.79. The van der Waals surface area contributed by atoms with Crippen molar-refractivity contribution in [3.63, 3.8) is 0 Å². The van der Waals surface area contributed by atoms with E-state index in [1.807, 2.05) is 13.1 Å². The highest BCUT2D eigenvalue weighted by molar-refractivity contribution is 7.90. The number of hydrogen-bond acceptors (Lipinski definition) is 4. The van der Waals surface area contributed by atoms with Gasteiger partial charge in [-0.05, 0) is 77.8 Å². The van der Waals surface area contributed by atoms with Crippen LogP contribution in [-0.4, -0.2) is 29.2 Å². The van der Waals surface area contributed by atoms with E-state index in [0.29, 0.717) is 17.5 Å². The lowest BCUT2D eigenvalue weighted by atomic mass is 9.75. The first-order valence-electron chi connectivity index (χ1n) is 12.1. The molecule has 0 spiro atoms. The third-order valence-electron chi connectivity index (χ3n) is 8.01. The SMILES string of the molecule is CC(C)(C)[Si](C)(C)O[C@H]1c2c(S(C)(=O)=O)ccc([C@H]3CCCc4cc(F)cc(C#N)c43)c2C[C@H]1F. The van der Waals surface area contributed by atoms with Gasteiger partial charge in [0, 0.05) is 24.2 Å². The molecule has 0 fully saturated rings. The van der Waals surface area contributed by atoms with Crippen LogP contribution in [-0.2, 0) is 27.1 Å². The summed E-state index contributed by atoms with van der Waals surface area (Å²) in [5, 5.41) is 9.57. The molecular weight excluding hydrogens is 484 g/mol. The van der Waals surface area contributed by atoms with Crippen molar-refractivity contribution in [1.29, 1.82) is 5.26 Å². The predicted molar refractivity (Wildman–Crippen MR) is 135 cm³/mol. The Labute approximate surface area is 208 Å². The van der Waals surface area contributed by atoms with Crippen molar-refractivity contribution < 1.29 is 21.6 Å². The van der Waals surface area contributed by atoms with Crippen LogP contribution in [0.5, 0.6) is 0 Å². The highest BCUT2D eigenvalue weighted by Gasteiger charge is 2.46. The second-order valence-corrected chi connectivity index (χ2v) is 18.2. The molecule has 0 saturated carbocycles. The van der Waals surface area contributed by atoms with Crippen LogP contribution in [0.15, 0.2) is 29.2 Å². The maximum Gasteiger partial charge on any atom is 0.193 e. The van der Waals surface area contributed by atoms with Gasteiger partial charge in [0.2, 0.25) is 0 Å². The molecule has 0 heterocycles. The number of benzene rings is 2. The monoisotopic (exact) mass is 517 g/mol. The molecule has 3 atom stereocenters. The zero-order valence-electron chi connectivity index (χ0n) is 21.2. The minimum Gasteiger partial charge on any atom is -0.407 e. The average Bonchev–Trinajstić information content (AvgIpc) is 3.05. The Hall–Kier alpha value is -2.08. The van der Waals surface area contributed by atoms with Crippen molar-refractivity contribution in [2.24, 2.45) is 0 Å². The quantitative estimate of drug-likeness (QED) is 0.433. The van der Waals surface area contributed by atoms with Gasteiger partial charge in [0.05, 0.1) is 16.5 Å². The van der Waals surface area contributed by atoms with Crippen molar-refractivity contribution in [2.45, 2.75) is 87.7 Å². The van der Waals surface area contributed by atoms with Gasteiger partial charge in [0.25, 0.3) is 0 Å². The summed E-state index contributed by atoms with van der Waals surface area (Å²) in [5.41, 5.74) is 3.77. The van der Waals surface area contributed by atoms with Crippen molar-refractivity contribution in [3.05, 3.63) is 63.5 Å². The number of fused-ring (bicyclic) bond motifs is 2. The van der Waals surface area contributed by atoms with Gasteiger partial charge in [-0.3, -0.25) is 0 Å². The van der Waals surface area contributed by atoms with Crippen LogP contribution in [0.2, 0.25) is 18.1 Å². The normalized spacial score (nSPS) is 22.4. The lowest BCUT2D eigenvalue weighted by Gasteiger charge is -2.39. The summed E-state index contributed by atoms with van der Waals surface area (Å²) in [7, 11) is -6.05. The number of nitrogens with zero attached hydrogens (tertiary/aromatic N) is 1. The molecule has 188 valence electrons. The van der Waals surface area contributed by atoms with Crippen molar-refractivity contribution in [3.8, 4) is 6.07 Å². The standard InChI is InChI=1S/C27H33F2NO3SSi/c1-27(2,3)35(5,6)33-26-22(29)14-21-19(10-11-23(25(21)26)34(4,31)32)20-9-7-8-16-12-18(28)13-17(15-30)24(16)20/h10-13,20,22,26H,7-9,14H2,1-6H3/t20-,22-,26-/m1/s1. The van der Waals surface area contributed by atoms with Crippen LogP contribution in [0, 0.1) is 17.1 Å². The Morgan fingerprint density at radius 3 is 2.46 bits per heavy atom. The van der Waals surface area contributed by atoms with E-state index in [9.17, 15) is 18.1 Å². The van der Waals surface area contributed by atoms with Gasteiger partial charge in [0.1, 0.15) is 18.1 Å². The van der Waals surface area contributed by atoms with E-state index in [1.54, 1.807) is 12.1 Å². The number of aryl methyl sites for hydroxylation is 1. The number of alkyl halides is 1. The molecule has 0 aliphatic heterocycles. The molecule has 0 saturated heterocycles. The van der Waals surface area contributed by atoms with Gasteiger partial charge in [-0.2, -0.15) is 5.26 Å². The van der Waals surface area contributed by atoms with Crippen molar-refractivity contribution in [1.82, 2.24) is 0 Å². The second-order valence-electron chi connectivity index (χ2n) is 11.4. The summed E-state index contributed by atoms with van der Waals surface area (Å²) in [5.74, 6) is -0.666. The van der Waals surface area contributed by atoms with E-state index < -0.39 is 36.2 Å². The van der Waals surface area contributed by atoms with Gasteiger partial charge in [-0.25, -0.2) is 17.2 Å². The zero-order chi connectivity index (χ0) is 25.9. The van der Waals surface area contributed by atoms with E-state index in [1.165, 1.54) is 12.1 Å². The van der Waals surface area contributed by atoms with E-state index in [4.69, 9.17) is 4.43 Å². The Kier molecular flexibility index (Phi) is 6.53. The molecule has 0 radical (unpaired) electrons. The van der Waals surface area contributed by atoms with Crippen LogP contribution in [0.25, 0.3) is 0 Å². The molecule has 4 rings (SSSR count). The van der Waals surface area contributed by atoms with Crippen LogP contribution in [0.4, 0.5) is 8.78 Å². The molecule has 35 heavy (non-hydrogen) atoms. The van der Waals surface area contributed by atoms with Crippen molar-refractivity contribution >= 4 is 18.2 Å². The zero-order valence-corrected chi connectivity index (χ0v) is 23.0. The van der Waals surface area contributed by atoms with Crippen LogP contribution < -0.4 is 0 Å². The summed E-state index contributed by atoms with van der Waals surface area (Å²) in [6.07, 6.45) is 1.08. The molecule has 2 aromatic rings. The van der Waals surface area contributed by atoms with Crippen LogP contribution in [0.1, 0.15) is 79.0 Å². The molecular formula is C27H33F2NO3SSi. The fraction of sp³-hybridized carbons (Fsp3) is 0.519. The van der Waals surface area contributed by atoms with Gasteiger partial charge < -0.3 is 4.43 Å². The average molecular weight is 518 g/mol. The van der Waals surface area contributed by atoms with E-state index in [2.05, 4.69) is 26.8 Å². The fourth-order valence-corrected chi connectivity index (χ4v) is 7.50. The number of hydrogen-bond donors (Lipinski definition) is 0. The Bertz CT molecular complexity index is 1330. The minimum absolute atomic E-state index is 0.0578. The third kappa shape index (κ3) is 4.59. The molecule has 0 aromatic heterocycles. The molecule has 2 aliphatic carbocycles. The van der Waals surface area contributed by atoms with Crippen LogP contribution in [0.3, 0.4) is 0 Å².